The Morgan fingerprint density at radius 2 is 1.81 bits per heavy atom. The van der Waals surface area contributed by atoms with Crippen molar-refractivity contribution < 1.29 is 14.0 Å². The van der Waals surface area contributed by atoms with Crippen molar-refractivity contribution >= 4 is 14.2 Å². The van der Waals surface area contributed by atoms with Crippen LogP contribution in [0.1, 0.15) is 65.7 Å². The zero-order valence-corrected chi connectivity index (χ0v) is 19.3. The van der Waals surface area contributed by atoms with Crippen molar-refractivity contribution in [2.24, 2.45) is 0 Å². The molecule has 2 atom stereocenters. The van der Waals surface area contributed by atoms with Crippen molar-refractivity contribution in [2.75, 3.05) is 6.61 Å². The lowest BCUT2D eigenvalue weighted by molar-refractivity contribution is -0.133. The van der Waals surface area contributed by atoms with Crippen molar-refractivity contribution in [3.05, 3.63) is 29.9 Å². The molecule has 1 aliphatic rings. The molecule has 154 valence electrons. The molecule has 1 saturated heterocycles. The number of amides is 1. The van der Waals surface area contributed by atoms with E-state index in [2.05, 4.69) is 50.7 Å². The highest BCUT2D eigenvalue weighted by atomic mass is 28.4. The third-order valence-corrected chi connectivity index (χ3v) is 5.52. The minimum absolute atomic E-state index is 0.250. The van der Waals surface area contributed by atoms with Crippen LogP contribution in [0.3, 0.4) is 0 Å². The maximum Gasteiger partial charge on any atom is 0.313 e. The molecule has 4 nitrogen and oxygen atoms in total. The van der Waals surface area contributed by atoms with E-state index in [1.165, 1.54) is 0 Å². The molecule has 0 aromatic heterocycles. The van der Waals surface area contributed by atoms with Crippen molar-refractivity contribution in [1.82, 2.24) is 4.90 Å². The number of allylic oxidation sites excluding steroid dienone is 2. The van der Waals surface area contributed by atoms with E-state index in [4.69, 9.17) is 9.16 Å². The Hall–Kier alpha value is -1.45. The van der Waals surface area contributed by atoms with Crippen molar-refractivity contribution in [3.63, 3.8) is 0 Å². The smallest absolute Gasteiger partial charge is 0.313 e. The van der Waals surface area contributed by atoms with Crippen LogP contribution in [0.4, 0.5) is 0 Å². The molecule has 27 heavy (non-hydrogen) atoms. The number of rotatable bonds is 11. The predicted octanol–water partition coefficient (Wildman–Crippen LogP) is 5.78. The maximum absolute atomic E-state index is 12.7. The molecular weight excluding hydrogens is 354 g/mol. The van der Waals surface area contributed by atoms with Gasteiger partial charge in [0.15, 0.2) is 0 Å². The summed E-state index contributed by atoms with van der Waals surface area (Å²) in [5, 5.41) is 0. The molecular formula is C22H39NO3Si. The first-order valence-corrected chi connectivity index (χ1v) is 13.8. The second-order valence-corrected chi connectivity index (χ2v) is 12.8. The van der Waals surface area contributed by atoms with Crippen molar-refractivity contribution in [1.29, 1.82) is 0 Å². The number of nitrogens with zero attached hydrogens (tertiary/aromatic N) is 1. The molecule has 1 amide bonds. The summed E-state index contributed by atoms with van der Waals surface area (Å²) in [6, 6.07) is 0.705. The van der Waals surface area contributed by atoms with Gasteiger partial charge in [-0.1, -0.05) is 6.08 Å². The molecule has 1 heterocycles. The first-order chi connectivity index (χ1) is 12.7. The number of carbonyl (C=O) groups excluding carboxylic acids is 1. The molecule has 1 fully saturated rings. The Kier molecular flexibility index (Phi) is 9.96. The van der Waals surface area contributed by atoms with Crippen LogP contribution in [-0.2, 0) is 14.0 Å². The molecule has 1 aliphatic heterocycles. The zero-order chi connectivity index (χ0) is 20.4. The summed E-state index contributed by atoms with van der Waals surface area (Å²) in [6.45, 7) is 17.0. The second kappa shape index (κ2) is 11.4. The van der Waals surface area contributed by atoms with Gasteiger partial charge in [-0.2, -0.15) is 0 Å². The maximum atomic E-state index is 12.7. The lowest BCUT2D eigenvalue weighted by Crippen LogP contribution is -2.38. The molecule has 0 aromatic carbocycles. The topological polar surface area (TPSA) is 38.8 Å². The van der Waals surface area contributed by atoms with E-state index in [1.807, 2.05) is 13.0 Å². The van der Waals surface area contributed by atoms with Crippen LogP contribution in [0.2, 0.25) is 19.6 Å². The molecule has 0 unspecified atom stereocenters. The van der Waals surface area contributed by atoms with Gasteiger partial charge in [-0.3, -0.25) is 4.79 Å². The molecule has 0 spiro atoms. The standard InChI is InChI=1S/C22H39NO3Si/c1-8-10-11-12-20(17-22(25-9-2)26-27(5,6)7)15-16-21(24)23-18(3)13-14-19(23)4/h8,18-19H,1,9-16H2,2-7H3/t17?,18-,19-/m1/s1. The third kappa shape index (κ3) is 8.85. The zero-order valence-electron chi connectivity index (χ0n) is 18.3. The monoisotopic (exact) mass is 393 g/mol. The van der Waals surface area contributed by atoms with Crippen LogP contribution < -0.4 is 0 Å². The van der Waals surface area contributed by atoms with E-state index < -0.39 is 8.32 Å². The summed E-state index contributed by atoms with van der Waals surface area (Å²) in [5.74, 6) is 0.736. The lowest BCUT2D eigenvalue weighted by Gasteiger charge is -2.26. The number of ether oxygens (including phenoxy) is 1. The molecule has 0 aromatic rings. The Bertz CT molecular complexity index is 548. The number of likely N-dealkylation sites (tertiary alicyclic amines) is 1. The largest absolute Gasteiger partial charge is 0.514 e. The van der Waals surface area contributed by atoms with Crippen molar-refractivity contribution in [2.45, 2.75) is 97.4 Å². The average molecular weight is 394 g/mol. The summed E-state index contributed by atoms with van der Waals surface area (Å²) in [6.07, 6.45) is 8.22. The van der Waals surface area contributed by atoms with Crippen LogP contribution in [0.15, 0.2) is 29.9 Å². The van der Waals surface area contributed by atoms with Crippen molar-refractivity contribution in [3.8, 4) is 0 Å². The molecule has 0 saturated carbocycles. The Morgan fingerprint density at radius 1 is 1.19 bits per heavy atom. The fourth-order valence-corrected chi connectivity index (χ4v) is 4.09. The summed E-state index contributed by atoms with van der Waals surface area (Å²) in [5.41, 5.74) is 4.46. The van der Waals surface area contributed by atoms with Gasteiger partial charge < -0.3 is 14.1 Å². The van der Waals surface area contributed by atoms with E-state index >= 15 is 0 Å². The SMILES string of the molecule is C=CCCCC(=C=C(OCC)O[Si](C)(C)C)CCC(=O)N1[C@H](C)CC[C@H]1C. The summed E-state index contributed by atoms with van der Waals surface area (Å²) in [7, 11) is -1.78. The molecule has 5 heteroatoms. The van der Waals surface area contributed by atoms with Crippen LogP contribution in [0.5, 0.6) is 0 Å². The third-order valence-electron chi connectivity index (χ3n) is 4.72. The fourth-order valence-electron chi connectivity index (χ4n) is 3.43. The van der Waals surface area contributed by atoms with E-state index in [1.54, 1.807) is 0 Å². The number of carbonyl (C=O) groups is 1. The van der Waals surface area contributed by atoms with Gasteiger partial charge in [0, 0.05) is 18.5 Å². The molecule has 0 N–H and O–H groups in total. The van der Waals surface area contributed by atoms with E-state index in [9.17, 15) is 4.79 Å². The van der Waals surface area contributed by atoms with Gasteiger partial charge in [-0.05, 0) is 90.2 Å². The van der Waals surface area contributed by atoms with Gasteiger partial charge in [-0.15, -0.1) is 6.58 Å². The molecule has 1 rings (SSSR count). The highest BCUT2D eigenvalue weighted by Gasteiger charge is 2.30. The van der Waals surface area contributed by atoms with E-state index in [0.29, 0.717) is 37.5 Å². The van der Waals surface area contributed by atoms with E-state index in [0.717, 1.165) is 37.7 Å². The second-order valence-electron chi connectivity index (χ2n) is 8.42. The molecule has 0 aliphatic carbocycles. The predicted molar refractivity (Wildman–Crippen MR) is 115 cm³/mol. The highest BCUT2D eigenvalue weighted by Crippen LogP contribution is 2.25. The number of hydrogen-bond acceptors (Lipinski definition) is 3. The Morgan fingerprint density at radius 3 is 2.33 bits per heavy atom. The molecule has 0 radical (unpaired) electrons. The normalized spacial score (nSPS) is 19.4. The highest BCUT2D eigenvalue weighted by molar-refractivity contribution is 6.69. The Balaban J connectivity index is 2.92. The quantitative estimate of drug-likeness (QED) is 0.147. The fraction of sp³-hybridized carbons (Fsp3) is 0.727. The minimum atomic E-state index is -1.78. The van der Waals surface area contributed by atoms with Gasteiger partial charge >= 0.3 is 5.95 Å². The Labute approximate surface area is 167 Å². The first-order valence-electron chi connectivity index (χ1n) is 10.4. The van der Waals surface area contributed by atoms with Crippen LogP contribution >= 0.6 is 0 Å². The number of unbranched alkanes of at least 4 members (excludes halogenated alkanes) is 1. The summed E-state index contributed by atoms with van der Waals surface area (Å²) < 4.78 is 11.7. The van der Waals surface area contributed by atoms with Gasteiger partial charge in [0.1, 0.15) is 0 Å². The van der Waals surface area contributed by atoms with Gasteiger partial charge in [0.05, 0.1) is 6.61 Å². The molecule has 0 bridgehead atoms. The van der Waals surface area contributed by atoms with Crippen LogP contribution in [-0.4, -0.2) is 37.8 Å². The summed E-state index contributed by atoms with van der Waals surface area (Å²) >= 11 is 0. The van der Waals surface area contributed by atoms with Gasteiger partial charge in [-0.25, -0.2) is 0 Å². The first kappa shape index (κ1) is 23.6. The van der Waals surface area contributed by atoms with Gasteiger partial charge in [0.25, 0.3) is 0 Å². The van der Waals surface area contributed by atoms with E-state index in [-0.39, 0.29) is 5.91 Å². The lowest BCUT2D eigenvalue weighted by atomic mass is 10.0. The number of hydrogen-bond donors (Lipinski definition) is 0. The van der Waals surface area contributed by atoms with Crippen LogP contribution in [0, 0.1) is 0 Å². The summed E-state index contributed by atoms with van der Waals surface area (Å²) in [4.78, 5) is 14.8. The minimum Gasteiger partial charge on any atom is -0.514 e. The van der Waals surface area contributed by atoms with Gasteiger partial charge in [0.2, 0.25) is 14.2 Å². The average Bonchev–Trinajstić information content (AvgIpc) is 2.90. The van der Waals surface area contributed by atoms with Crippen LogP contribution in [0.25, 0.3) is 0 Å².